The molecule has 0 bridgehead atoms. The second kappa shape index (κ2) is 9.58. The zero-order valence-corrected chi connectivity index (χ0v) is 19.7. The molecule has 0 aliphatic carbocycles. The fourth-order valence-corrected chi connectivity index (χ4v) is 5.95. The molecule has 2 amide bonds. The van der Waals surface area contributed by atoms with Crippen molar-refractivity contribution in [1.29, 1.82) is 0 Å². The van der Waals surface area contributed by atoms with Crippen molar-refractivity contribution in [2.24, 2.45) is 11.8 Å². The third kappa shape index (κ3) is 3.81. The molecule has 8 nitrogen and oxygen atoms in total. The summed E-state index contributed by atoms with van der Waals surface area (Å²) in [5.41, 5.74) is -2.25. The number of carbonyl (C=O) groups excluding carboxylic acids is 3. The van der Waals surface area contributed by atoms with Crippen LogP contribution in [-0.4, -0.2) is 82.8 Å². The molecule has 1 N–H and O–H groups in total. The minimum absolute atomic E-state index is 0.0916. The molecule has 2 saturated heterocycles. The molecule has 182 valence electrons. The molecule has 1 spiro atoms. The standard InChI is InChI=1S/C25H36N2O6/c1-3-5-13-26-14-9-12-25-18(21(29)27(15-10-16-28)20(25)22(26)30)19-23(31)32-17-8-6-7-11-24(19,4-2)33-25/h7,9,11-12,18-20,28H,3-6,8,10,13-17H2,1-2H3/b11-7-/t18-,19-,20?,24+,25-/m0/s1. The third-order valence-electron chi connectivity index (χ3n) is 7.56. The molecule has 1 unspecified atom stereocenters. The Bertz CT molecular complexity index is 841. The summed E-state index contributed by atoms with van der Waals surface area (Å²) in [4.78, 5) is 44.5. The monoisotopic (exact) mass is 460 g/mol. The van der Waals surface area contributed by atoms with Gasteiger partial charge in [-0.15, -0.1) is 0 Å². The highest BCUT2D eigenvalue weighted by Crippen LogP contribution is 2.58. The zero-order chi connectivity index (χ0) is 23.6. The number of aliphatic hydroxyl groups is 1. The number of hydrogen-bond acceptors (Lipinski definition) is 6. The number of esters is 1. The molecule has 8 heteroatoms. The Hall–Kier alpha value is -2.19. The molecule has 4 aliphatic rings. The third-order valence-corrected chi connectivity index (χ3v) is 7.56. The molecule has 4 heterocycles. The van der Waals surface area contributed by atoms with Crippen molar-refractivity contribution < 1.29 is 29.0 Å². The number of nitrogens with zero attached hydrogens (tertiary/aromatic N) is 2. The lowest BCUT2D eigenvalue weighted by molar-refractivity contribution is -0.161. The molecule has 0 aromatic carbocycles. The fraction of sp³-hybridized carbons (Fsp3) is 0.720. The maximum Gasteiger partial charge on any atom is 0.313 e. The van der Waals surface area contributed by atoms with Crippen LogP contribution >= 0.6 is 0 Å². The van der Waals surface area contributed by atoms with Crippen molar-refractivity contribution in [2.45, 2.75) is 69.6 Å². The van der Waals surface area contributed by atoms with E-state index in [9.17, 15) is 19.5 Å². The van der Waals surface area contributed by atoms with E-state index in [1.165, 1.54) is 0 Å². The first kappa shape index (κ1) is 24.0. The summed E-state index contributed by atoms with van der Waals surface area (Å²) in [5.74, 6) is -2.53. The van der Waals surface area contributed by atoms with Gasteiger partial charge in [0.05, 0.1) is 12.5 Å². The molecular weight excluding hydrogens is 424 g/mol. The Morgan fingerprint density at radius 1 is 1.06 bits per heavy atom. The van der Waals surface area contributed by atoms with Gasteiger partial charge in [-0.1, -0.05) is 44.6 Å². The Morgan fingerprint density at radius 3 is 2.61 bits per heavy atom. The number of cyclic esters (lactones) is 1. The van der Waals surface area contributed by atoms with Crippen LogP contribution in [0.4, 0.5) is 0 Å². The Kier molecular flexibility index (Phi) is 6.96. The van der Waals surface area contributed by atoms with Gasteiger partial charge in [-0.3, -0.25) is 14.4 Å². The lowest BCUT2D eigenvalue weighted by Gasteiger charge is -2.38. The van der Waals surface area contributed by atoms with Gasteiger partial charge in [0.1, 0.15) is 23.2 Å². The van der Waals surface area contributed by atoms with Crippen LogP contribution in [0.25, 0.3) is 0 Å². The van der Waals surface area contributed by atoms with Crippen molar-refractivity contribution in [3.63, 3.8) is 0 Å². The van der Waals surface area contributed by atoms with Crippen LogP contribution < -0.4 is 0 Å². The fourth-order valence-electron chi connectivity index (χ4n) is 5.95. The summed E-state index contributed by atoms with van der Waals surface area (Å²) >= 11 is 0. The molecule has 0 aromatic rings. The predicted molar refractivity (Wildman–Crippen MR) is 121 cm³/mol. The quantitative estimate of drug-likeness (QED) is 0.460. The normalized spacial score (nSPS) is 36.9. The van der Waals surface area contributed by atoms with E-state index in [4.69, 9.17) is 9.47 Å². The first-order chi connectivity index (χ1) is 16.0. The van der Waals surface area contributed by atoms with Gasteiger partial charge >= 0.3 is 5.97 Å². The van der Waals surface area contributed by atoms with Crippen molar-refractivity contribution in [3.05, 3.63) is 24.3 Å². The highest BCUT2D eigenvalue weighted by atomic mass is 16.6. The molecule has 33 heavy (non-hydrogen) atoms. The van der Waals surface area contributed by atoms with Gasteiger partial charge in [0.2, 0.25) is 11.8 Å². The van der Waals surface area contributed by atoms with Crippen LogP contribution in [0.2, 0.25) is 0 Å². The first-order valence-electron chi connectivity index (χ1n) is 12.4. The highest BCUT2D eigenvalue weighted by molar-refractivity contribution is 5.99. The summed E-state index contributed by atoms with van der Waals surface area (Å²) in [6, 6.07) is -0.864. The Balaban J connectivity index is 1.84. The number of amides is 2. The summed E-state index contributed by atoms with van der Waals surface area (Å²) in [6.45, 7) is 5.50. The summed E-state index contributed by atoms with van der Waals surface area (Å²) in [5, 5.41) is 9.45. The summed E-state index contributed by atoms with van der Waals surface area (Å²) in [7, 11) is 0. The molecule has 0 aromatic heterocycles. The van der Waals surface area contributed by atoms with E-state index in [1.54, 1.807) is 9.80 Å². The number of fused-ring (bicyclic) bond motifs is 2. The number of allylic oxidation sites excluding steroid dienone is 1. The van der Waals surface area contributed by atoms with E-state index >= 15 is 0 Å². The largest absolute Gasteiger partial charge is 0.465 e. The minimum Gasteiger partial charge on any atom is -0.465 e. The van der Waals surface area contributed by atoms with Crippen LogP contribution in [0.1, 0.15) is 52.4 Å². The Morgan fingerprint density at radius 2 is 1.88 bits per heavy atom. The summed E-state index contributed by atoms with van der Waals surface area (Å²) < 4.78 is 12.4. The average molecular weight is 461 g/mol. The lowest BCUT2D eigenvalue weighted by Crippen LogP contribution is -2.56. The van der Waals surface area contributed by atoms with E-state index < -0.39 is 35.0 Å². The molecule has 4 rings (SSSR count). The molecule has 5 atom stereocenters. The van der Waals surface area contributed by atoms with Gasteiger partial charge in [-0.2, -0.15) is 0 Å². The minimum atomic E-state index is -1.24. The zero-order valence-electron chi connectivity index (χ0n) is 19.7. The van der Waals surface area contributed by atoms with E-state index in [2.05, 4.69) is 6.92 Å². The van der Waals surface area contributed by atoms with Crippen LogP contribution in [-0.2, 0) is 23.9 Å². The van der Waals surface area contributed by atoms with Gasteiger partial charge in [-0.25, -0.2) is 0 Å². The second-order valence-electron chi connectivity index (χ2n) is 9.48. The molecule has 4 aliphatic heterocycles. The number of unbranched alkanes of at least 4 members (excludes halogenated alkanes) is 1. The topological polar surface area (TPSA) is 96.4 Å². The van der Waals surface area contributed by atoms with Crippen LogP contribution in [0.5, 0.6) is 0 Å². The molecular formula is C25H36N2O6. The van der Waals surface area contributed by atoms with Crippen molar-refractivity contribution in [2.75, 3.05) is 32.8 Å². The SMILES string of the molecule is CCCCN1CC=C[C@]23O[C@]4(CC)/C=C\CCCOC(=O)[C@@H]4[C@H]2C(=O)N(CCCO)C3C1=O. The maximum absolute atomic E-state index is 13.9. The van der Waals surface area contributed by atoms with Gasteiger partial charge in [0.15, 0.2) is 0 Å². The van der Waals surface area contributed by atoms with Crippen LogP contribution in [0.3, 0.4) is 0 Å². The first-order valence-corrected chi connectivity index (χ1v) is 12.4. The molecule has 2 fully saturated rings. The van der Waals surface area contributed by atoms with E-state index in [-0.39, 0.29) is 25.0 Å². The number of likely N-dealkylation sites (tertiary alicyclic amines) is 1. The maximum atomic E-state index is 13.9. The van der Waals surface area contributed by atoms with Crippen molar-refractivity contribution in [1.82, 2.24) is 9.80 Å². The van der Waals surface area contributed by atoms with Crippen LogP contribution in [0.15, 0.2) is 24.3 Å². The Labute approximate surface area is 195 Å². The number of carbonyl (C=O) groups is 3. The predicted octanol–water partition coefficient (Wildman–Crippen LogP) is 1.82. The van der Waals surface area contributed by atoms with Crippen LogP contribution in [0, 0.1) is 11.8 Å². The van der Waals surface area contributed by atoms with E-state index in [0.717, 1.165) is 19.3 Å². The van der Waals surface area contributed by atoms with Gasteiger partial charge in [0.25, 0.3) is 0 Å². The van der Waals surface area contributed by atoms with Crippen molar-refractivity contribution in [3.8, 4) is 0 Å². The molecule has 0 radical (unpaired) electrons. The van der Waals surface area contributed by atoms with Gasteiger partial charge in [0, 0.05) is 26.2 Å². The highest BCUT2D eigenvalue weighted by Gasteiger charge is 2.75. The van der Waals surface area contributed by atoms with Gasteiger partial charge in [-0.05, 0) is 32.1 Å². The summed E-state index contributed by atoms with van der Waals surface area (Å²) in [6.07, 6.45) is 11.8. The molecule has 0 saturated carbocycles. The lowest BCUT2D eigenvalue weighted by atomic mass is 9.73. The number of rotatable bonds is 7. The number of ether oxygens (including phenoxy) is 2. The number of hydrogen-bond donors (Lipinski definition) is 1. The van der Waals surface area contributed by atoms with Crippen molar-refractivity contribution >= 4 is 17.8 Å². The van der Waals surface area contributed by atoms with E-state index in [1.807, 2.05) is 31.2 Å². The smallest absolute Gasteiger partial charge is 0.313 e. The van der Waals surface area contributed by atoms with Gasteiger partial charge < -0.3 is 24.4 Å². The average Bonchev–Trinajstić information content (AvgIpc) is 3.18. The number of aliphatic hydroxyl groups excluding tert-OH is 1. The van der Waals surface area contributed by atoms with E-state index in [0.29, 0.717) is 39.0 Å². The second-order valence-corrected chi connectivity index (χ2v) is 9.48.